The summed E-state index contributed by atoms with van der Waals surface area (Å²) in [6.07, 6.45) is 1.52. The van der Waals surface area contributed by atoms with Gasteiger partial charge in [-0.05, 0) is 24.3 Å². The molecule has 3 aromatic rings. The lowest BCUT2D eigenvalue weighted by atomic mass is 10.1. The van der Waals surface area contributed by atoms with Gasteiger partial charge in [-0.3, -0.25) is 0 Å². The van der Waals surface area contributed by atoms with Crippen LogP contribution in [-0.2, 0) is 6.61 Å². The van der Waals surface area contributed by atoms with Gasteiger partial charge >= 0.3 is 5.97 Å². The van der Waals surface area contributed by atoms with Crippen molar-refractivity contribution < 1.29 is 19.1 Å². The van der Waals surface area contributed by atoms with E-state index in [1.165, 1.54) is 12.3 Å². The van der Waals surface area contributed by atoms with Crippen LogP contribution in [0.2, 0.25) is 5.02 Å². The molecule has 0 aliphatic carbocycles. The van der Waals surface area contributed by atoms with Crippen LogP contribution in [0.4, 0.5) is 0 Å². The van der Waals surface area contributed by atoms with Gasteiger partial charge in [-0.25, -0.2) is 4.79 Å². The molecule has 0 radical (unpaired) electrons. The van der Waals surface area contributed by atoms with Crippen LogP contribution in [0.25, 0.3) is 11.0 Å². The minimum absolute atomic E-state index is 0.140. The van der Waals surface area contributed by atoms with Gasteiger partial charge in [-0.2, -0.15) is 0 Å². The summed E-state index contributed by atoms with van der Waals surface area (Å²) in [6, 6.07) is 12.1. The largest absolute Gasteiger partial charge is 0.489 e. The highest BCUT2D eigenvalue weighted by Crippen LogP contribution is 2.26. The molecule has 0 bridgehead atoms. The first kappa shape index (κ1) is 13.5. The molecule has 5 heteroatoms. The quantitative estimate of drug-likeness (QED) is 0.777. The topological polar surface area (TPSA) is 59.7 Å². The number of aromatic carboxylic acids is 1. The van der Waals surface area contributed by atoms with E-state index in [2.05, 4.69) is 0 Å². The van der Waals surface area contributed by atoms with E-state index < -0.39 is 5.97 Å². The van der Waals surface area contributed by atoms with Gasteiger partial charge in [0, 0.05) is 16.0 Å². The fraction of sp³-hybridized carbons (Fsp3) is 0.0625. The fourth-order valence-electron chi connectivity index (χ4n) is 2.11. The summed E-state index contributed by atoms with van der Waals surface area (Å²) in [6.45, 7) is 0.274. The summed E-state index contributed by atoms with van der Waals surface area (Å²) in [5, 5.41) is 10.5. The van der Waals surface area contributed by atoms with E-state index in [1.54, 1.807) is 30.3 Å². The molecule has 1 aromatic heterocycles. The molecule has 0 atom stereocenters. The third-order valence-corrected chi connectivity index (χ3v) is 3.34. The van der Waals surface area contributed by atoms with Crippen molar-refractivity contribution in [2.75, 3.05) is 0 Å². The lowest BCUT2D eigenvalue weighted by Crippen LogP contribution is -1.97. The van der Waals surface area contributed by atoms with Gasteiger partial charge < -0.3 is 14.3 Å². The molecule has 0 fully saturated rings. The van der Waals surface area contributed by atoms with Gasteiger partial charge in [-0.1, -0.05) is 29.8 Å². The molecule has 0 aliphatic heterocycles. The Labute approximate surface area is 125 Å². The second-order valence-electron chi connectivity index (χ2n) is 4.49. The van der Waals surface area contributed by atoms with Crippen LogP contribution >= 0.6 is 11.6 Å². The maximum Gasteiger partial charge on any atom is 0.339 e. The highest BCUT2D eigenvalue weighted by molar-refractivity contribution is 6.30. The molecule has 1 heterocycles. The number of carboxylic acids is 1. The van der Waals surface area contributed by atoms with E-state index in [4.69, 9.17) is 25.9 Å². The first-order valence-electron chi connectivity index (χ1n) is 6.26. The van der Waals surface area contributed by atoms with Gasteiger partial charge in [-0.15, -0.1) is 0 Å². The van der Waals surface area contributed by atoms with Crippen molar-refractivity contribution in [1.82, 2.24) is 0 Å². The summed E-state index contributed by atoms with van der Waals surface area (Å²) >= 11 is 5.89. The van der Waals surface area contributed by atoms with Crippen molar-refractivity contribution in [2.24, 2.45) is 0 Å². The maximum absolute atomic E-state index is 11.1. The minimum atomic E-state index is -1.02. The van der Waals surface area contributed by atoms with Crippen molar-refractivity contribution >= 4 is 28.5 Å². The number of furan rings is 1. The molecular weight excluding hydrogens is 292 g/mol. The predicted molar refractivity (Wildman–Crippen MR) is 79.0 cm³/mol. The Bertz CT molecular complexity index is 807. The zero-order valence-electron chi connectivity index (χ0n) is 10.9. The normalized spacial score (nSPS) is 10.7. The molecule has 21 heavy (non-hydrogen) atoms. The molecule has 0 saturated carbocycles. The summed E-state index contributed by atoms with van der Waals surface area (Å²) in [4.78, 5) is 11.1. The standard InChI is InChI=1S/C16H11ClO4/c17-11-3-1-4-12(7-11)20-8-10-9-21-15-13(10)5-2-6-14(15)16(18)19/h1-7,9H,8H2,(H,18,19). The highest BCUT2D eigenvalue weighted by atomic mass is 35.5. The van der Waals surface area contributed by atoms with Crippen LogP contribution < -0.4 is 4.74 Å². The van der Waals surface area contributed by atoms with Gasteiger partial charge in [0.2, 0.25) is 0 Å². The lowest BCUT2D eigenvalue weighted by Gasteiger charge is -2.05. The smallest absolute Gasteiger partial charge is 0.339 e. The zero-order valence-corrected chi connectivity index (χ0v) is 11.6. The Hall–Kier alpha value is -2.46. The Kier molecular flexibility index (Phi) is 3.54. The van der Waals surface area contributed by atoms with Crippen LogP contribution in [-0.4, -0.2) is 11.1 Å². The number of benzene rings is 2. The molecule has 106 valence electrons. The van der Waals surface area contributed by atoms with Crippen LogP contribution in [0.1, 0.15) is 15.9 Å². The summed E-state index contributed by atoms with van der Waals surface area (Å²) < 4.78 is 11.0. The van der Waals surface area contributed by atoms with Gasteiger partial charge in [0.05, 0.1) is 6.26 Å². The summed E-state index contributed by atoms with van der Waals surface area (Å²) in [7, 11) is 0. The van der Waals surface area contributed by atoms with E-state index in [0.717, 1.165) is 10.9 Å². The minimum Gasteiger partial charge on any atom is -0.489 e. The molecule has 0 saturated heterocycles. The molecule has 0 amide bonds. The third-order valence-electron chi connectivity index (χ3n) is 3.10. The molecule has 4 nitrogen and oxygen atoms in total. The van der Waals surface area contributed by atoms with E-state index in [1.807, 2.05) is 6.07 Å². The number of carboxylic acid groups (broad SMARTS) is 1. The molecular formula is C16H11ClO4. The zero-order chi connectivity index (χ0) is 14.8. The average Bonchev–Trinajstić information content (AvgIpc) is 2.88. The molecule has 3 rings (SSSR count). The number of halogens is 1. The average molecular weight is 303 g/mol. The van der Waals surface area contributed by atoms with Crippen molar-refractivity contribution in [2.45, 2.75) is 6.61 Å². The molecule has 2 aromatic carbocycles. The van der Waals surface area contributed by atoms with Crippen LogP contribution in [0, 0.1) is 0 Å². The second kappa shape index (κ2) is 5.50. The molecule has 1 N–H and O–H groups in total. The molecule has 0 unspecified atom stereocenters. The number of hydrogen-bond donors (Lipinski definition) is 1. The number of ether oxygens (including phenoxy) is 1. The first-order valence-corrected chi connectivity index (χ1v) is 6.63. The Morgan fingerprint density at radius 2 is 2.05 bits per heavy atom. The predicted octanol–water partition coefficient (Wildman–Crippen LogP) is 4.36. The van der Waals surface area contributed by atoms with Gasteiger partial charge in [0.25, 0.3) is 0 Å². The molecule has 0 spiro atoms. The van der Waals surface area contributed by atoms with E-state index >= 15 is 0 Å². The van der Waals surface area contributed by atoms with E-state index in [9.17, 15) is 4.79 Å². The van der Waals surface area contributed by atoms with E-state index in [0.29, 0.717) is 16.4 Å². The van der Waals surface area contributed by atoms with Crippen molar-refractivity contribution in [1.29, 1.82) is 0 Å². The van der Waals surface area contributed by atoms with Gasteiger partial charge in [0.1, 0.15) is 23.5 Å². The number of hydrogen-bond acceptors (Lipinski definition) is 3. The SMILES string of the molecule is O=C(O)c1cccc2c(COc3cccc(Cl)c3)coc12. The number of carbonyl (C=O) groups is 1. The third kappa shape index (κ3) is 2.71. The fourth-order valence-corrected chi connectivity index (χ4v) is 2.29. The second-order valence-corrected chi connectivity index (χ2v) is 4.93. The van der Waals surface area contributed by atoms with Crippen molar-refractivity contribution in [3.8, 4) is 5.75 Å². The van der Waals surface area contributed by atoms with E-state index in [-0.39, 0.29) is 12.2 Å². The lowest BCUT2D eigenvalue weighted by molar-refractivity contribution is 0.0698. The summed E-state index contributed by atoms with van der Waals surface area (Å²) in [5.41, 5.74) is 1.28. The Morgan fingerprint density at radius 3 is 2.81 bits per heavy atom. The van der Waals surface area contributed by atoms with Crippen LogP contribution in [0.3, 0.4) is 0 Å². The van der Waals surface area contributed by atoms with Gasteiger partial charge in [0.15, 0.2) is 0 Å². The van der Waals surface area contributed by atoms with Crippen LogP contribution in [0.5, 0.6) is 5.75 Å². The summed E-state index contributed by atoms with van der Waals surface area (Å²) in [5.74, 6) is -0.372. The van der Waals surface area contributed by atoms with Crippen molar-refractivity contribution in [3.63, 3.8) is 0 Å². The Morgan fingerprint density at radius 1 is 1.24 bits per heavy atom. The number of rotatable bonds is 4. The van der Waals surface area contributed by atoms with Crippen molar-refractivity contribution in [3.05, 3.63) is 64.9 Å². The van der Waals surface area contributed by atoms with Crippen LogP contribution in [0.15, 0.2) is 53.1 Å². The first-order chi connectivity index (χ1) is 10.1. The monoisotopic (exact) mass is 302 g/mol. The number of fused-ring (bicyclic) bond motifs is 1. The number of para-hydroxylation sites is 1. The molecule has 0 aliphatic rings. The Balaban J connectivity index is 1.88. The maximum atomic E-state index is 11.1. The highest BCUT2D eigenvalue weighted by Gasteiger charge is 2.14.